The molecule has 0 spiro atoms. The van der Waals surface area contributed by atoms with Gasteiger partial charge in [-0.2, -0.15) is 13.0 Å². The molecule has 4 rings (SSSR count). The molecule has 8 nitrogen and oxygen atoms in total. The van der Waals surface area contributed by atoms with Gasteiger partial charge < -0.3 is 9.45 Å². The average molecular weight is 595 g/mol. The largest absolute Gasteiger partial charge is 0.748 e. The summed E-state index contributed by atoms with van der Waals surface area (Å²) in [6, 6.07) is 15.8. The monoisotopic (exact) mass is 594 g/mol. The lowest BCUT2D eigenvalue weighted by Crippen LogP contribution is -2.37. The van der Waals surface area contributed by atoms with Crippen LogP contribution in [-0.2, 0) is 26.8 Å². The van der Waals surface area contributed by atoms with Crippen molar-refractivity contribution in [1.29, 1.82) is 0 Å². The summed E-state index contributed by atoms with van der Waals surface area (Å²) < 4.78 is 70.0. The number of benzene rings is 2. The van der Waals surface area contributed by atoms with Gasteiger partial charge in [0.1, 0.15) is 4.70 Å². The molecule has 1 aromatic heterocycles. The van der Waals surface area contributed by atoms with Crippen molar-refractivity contribution in [2.75, 3.05) is 11.4 Å². The summed E-state index contributed by atoms with van der Waals surface area (Å²) >= 11 is 3.19. The van der Waals surface area contributed by atoms with Crippen LogP contribution in [0.5, 0.6) is 0 Å². The highest BCUT2D eigenvalue weighted by Crippen LogP contribution is 2.46. The molecule has 1 aliphatic rings. The number of thioether (sulfide) groups is 1. The number of fused-ring (bicyclic) bond motifs is 2. The van der Waals surface area contributed by atoms with Gasteiger partial charge in [0.2, 0.25) is 5.52 Å². The minimum absolute atomic E-state index is 0.211. The van der Waals surface area contributed by atoms with Gasteiger partial charge in [0, 0.05) is 30.0 Å². The highest BCUT2D eigenvalue weighted by molar-refractivity contribution is 8.03. The van der Waals surface area contributed by atoms with Gasteiger partial charge in [-0.1, -0.05) is 47.4 Å². The van der Waals surface area contributed by atoms with E-state index in [1.54, 1.807) is 23.1 Å². The molecule has 38 heavy (non-hydrogen) atoms. The van der Waals surface area contributed by atoms with Crippen molar-refractivity contribution in [3.05, 3.63) is 70.2 Å². The predicted molar refractivity (Wildman–Crippen MR) is 153 cm³/mol. The summed E-state index contributed by atoms with van der Waals surface area (Å²) in [4.78, 5) is 3.13. The summed E-state index contributed by atoms with van der Waals surface area (Å²) in [5.74, 6) is 0. The van der Waals surface area contributed by atoms with Crippen molar-refractivity contribution < 1.29 is 30.5 Å². The Kier molecular flexibility index (Phi) is 8.70. The third-order valence-corrected chi connectivity index (χ3v) is 11.2. The molecular weight excluding hydrogens is 565 g/mol. The number of aryl methyl sites for hydroxylation is 1. The summed E-state index contributed by atoms with van der Waals surface area (Å²) in [5.41, 5.74) is 2.92. The van der Waals surface area contributed by atoms with E-state index in [0.29, 0.717) is 13.1 Å². The second kappa shape index (κ2) is 11.5. The first kappa shape index (κ1) is 28.8. The fourth-order valence-electron chi connectivity index (χ4n) is 4.13. The Morgan fingerprint density at radius 2 is 1.74 bits per heavy atom. The number of hydrogen-bond donors (Lipinski definition) is 1. The molecule has 1 aliphatic heterocycles. The van der Waals surface area contributed by atoms with E-state index in [0.717, 1.165) is 36.4 Å². The molecule has 2 heterocycles. The van der Waals surface area contributed by atoms with E-state index in [1.165, 1.54) is 13.8 Å². The molecule has 3 aromatic rings. The number of rotatable bonds is 10. The number of allylic oxidation sites excluding steroid dienone is 2. The molecule has 12 heteroatoms. The quantitative estimate of drug-likeness (QED) is 0.256. The van der Waals surface area contributed by atoms with Crippen molar-refractivity contribution >= 4 is 65.3 Å². The van der Waals surface area contributed by atoms with Crippen LogP contribution in [0.15, 0.2) is 70.1 Å². The SMILES string of the molecule is CC(/C=C1\Sc2ccccc2N1CCC(C)S(=O)(=O)O)=C\c1sc2ccccc2[n+]1CCC(C)S(=O)(=O)[O-]. The van der Waals surface area contributed by atoms with Crippen LogP contribution >= 0.6 is 23.1 Å². The molecule has 2 atom stereocenters. The smallest absolute Gasteiger partial charge is 0.267 e. The Balaban J connectivity index is 1.65. The van der Waals surface area contributed by atoms with Crippen molar-refractivity contribution in [3.8, 4) is 0 Å². The molecule has 0 amide bonds. The van der Waals surface area contributed by atoms with E-state index in [9.17, 15) is 25.9 Å². The number of aromatic nitrogens is 1. The topological polar surface area (TPSA) is 119 Å². The zero-order valence-electron chi connectivity index (χ0n) is 21.3. The highest BCUT2D eigenvalue weighted by Gasteiger charge is 2.27. The highest BCUT2D eigenvalue weighted by atomic mass is 32.2. The molecule has 1 N–H and O–H groups in total. The number of nitrogens with zero attached hydrogens (tertiary/aromatic N) is 2. The Morgan fingerprint density at radius 1 is 1.05 bits per heavy atom. The van der Waals surface area contributed by atoms with E-state index in [4.69, 9.17) is 0 Å². The molecular formula is C26H30N2O6S4. The first-order valence-corrected chi connectivity index (χ1v) is 16.7. The third-order valence-electron chi connectivity index (χ3n) is 6.50. The normalized spacial score (nSPS) is 17.2. The van der Waals surface area contributed by atoms with Crippen LogP contribution in [0.25, 0.3) is 16.3 Å². The van der Waals surface area contributed by atoms with E-state index in [1.807, 2.05) is 72.2 Å². The van der Waals surface area contributed by atoms with Crippen molar-refractivity contribution in [2.24, 2.45) is 0 Å². The summed E-state index contributed by atoms with van der Waals surface area (Å²) in [7, 11) is -8.48. The maximum atomic E-state index is 11.6. The molecule has 0 aliphatic carbocycles. The van der Waals surface area contributed by atoms with Gasteiger partial charge >= 0.3 is 0 Å². The van der Waals surface area contributed by atoms with Crippen LogP contribution in [-0.4, -0.2) is 43.0 Å². The molecule has 2 aromatic carbocycles. The lowest BCUT2D eigenvalue weighted by atomic mass is 10.2. The number of anilines is 1. The number of thiazole rings is 1. The minimum Gasteiger partial charge on any atom is -0.748 e. The molecule has 204 valence electrons. The Bertz CT molecular complexity index is 1610. The fraction of sp³-hybridized carbons (Fsp3) is 0.346. The predicted octanol–water partition coefficient (Wildman–Crippen LogP) is 5.04. The van der Waals surface area contributed by atoms with Gasteiger partial charge in [-0.25, -0.2) is 8.42 Å². The van der Waals surface area contributed by atoms with Crippen LogP contribution < -0.4 is 9.47 Å². The molecule has 0 fully saturated rings. The summed E-state index contributed by atoms with van der Waals surface area (Å²) in [6.07, 6.45) is 4.56. The van der Waals surface area contributed by atoms with Gasteiger partial charge in [0.25, 0.3) is 15.1 Å². The number of hydrogen-bond acceptors (Lipinski definition) is 8. The summed E-state index contributed by atoms with van der Waals surface area (Å²) in [5, 5.41) is 0.0149. The van der Waals surface area contributed by atoms with Crippen molar-refractivity contribution in [3.63, 3.8) is 0 Å². The van der Waals surface area contributed by atoms with Gasteiger partial charge in [0.05, 0.1) is 31.3 Å². The van der Waals surface area contributed by atoms with Crippen molar-refractivity contribution in [2.45, 2.75) is 55.6 Å². The van der Waals surface area contributed by atoms with Crippen LogP contribution in [0.1, 0.15) is 38.6 Å². The average Bonchev–Trinajstić information content (AvgIpc) is 3.36. The van der Waals surface area contributed by atoms with Gasteiger partial charge in [-0.15, -0.1) is 0 Å². The Labute approximate surface area is 232 Å². The van der Waals surface area contributed by atoms with Crippen LogP contribution in [0.2, 0.25) is 0 Å². The van der Waals surface area contributed by atoms with Gasteiger partial charge in [-0.3, -0.25) is 4.55 Å². The second-order valence-corrected chi connectivity index (χ2v) is 15.1. The number of para-hydroxylation sites is 2. The van der Waals surface area contributed by atoms with Gasteiger partial charge in [-0.05, 0) is 57.0 Å². The Hall–Kier alpha value is -2.22. The first-order chi connectivity index (χ1) is 17.8. The maximum absolute atomic E-state index is 11.6. The van der Waals surface area contributed by atoms with E-state index in [2.05, 4.69) is 4.90 Å². The Morgan fingerprint density at radius 3 is 2.45 bits per heavy atom. The van der Waals surface area contributed by atoms with E-state index < -0.39 is 30.7 Å². The van der Waals surface area contributed by atoms with Crippen molar-refractivity contribution in [1.82, 2.24) is 0 Å². The lowest BCUT2D eigenvalue weighted by Gasteiger charge is -2.22. The third kappa shape index (κ3) is 6.67. The van der Waals surface area contributed by atoms with Crippen LogP contribution in [0.4, 0.5) is 5.69 Å². The molecule has 2 unspecified atom stereocenters. The molecule has 0 bridgehead atoms. The molecule has 0 saturated heterocycles. The zero-order chi connectivity index (χ0) is 27.7. The zero-order valence-corrected chi connectivity index (χ0v) is 24.5. The summed E-state index contributed by atoms with van der Waals surface area (Å²) in [6.45, 7) is 5.74. The van der Waals surface area contributed by atoms with E-state index in [-0.39, 0.29) is 12.8 Å². The first-order valence-electron chi connectivity index (χ1n) is 12.1. The second-order valence-electron chi connectivity index (χ2n) is 9.36. The van der Waals surface area contributed by atoms with Crippen LogP contribution in [0.3, 0.4) is 0 Å². The fourth-order valence-corrected chi connectivity index (χ4v) is 7.32. The lowest BCUT2D eigenvalue weighted by molar-refractivity contribution is -0.669. The van der Waals surface area contributed by atoms with Crippen LogP contribution in [0, 0.1) is 0 Å². The van der Waals surface area contributed by atoms with Gasteiger partial charge in [0.15, 0.2) is 6.54 Å². The standard InChI is InChI=1S/C26H30N2O6S4/c1-18(16-25-27(14-12-19(2)37(29,30)31)21-8-4-6-10-23(21)35-25)17-26-28(15-13-20(3)38(32,33)34)22-9-5-7-11-24(22)36-26/h4-11,16-17,19-20H,12-15H2,1-3H3,(H-,29,30,31,32,33,34). The molecule has 0 saturated carbocycles. The molecule has 0 radical (unpaired) electrons. The van der Waals surface area contributed by atoms with E-state index >= 15 is 0 Å². The maximum Gasteiger partial charge on any atom is 0.267 e. The minimum atomic E-state index is -4.36.